The Labute approximate surface area is 104 Å². The zero-order chi connectivity index (χ0) is 8.43. The molecule has 1 aliphatic rings. The first-order valence-corrected chi connectivity index (χ1v) is 4.77. The van der Waals surface area contributed by atoms with Crippen LogP contribution >= 0.6 is 0 Å². The van der Waals surface area contributed by atoms with Crippen molar-refractivity contribution in [2.75, 3.05) is 0 Å². The van der Waals surface area contributed by atoms with Crippen LogP contribution in [0.3, 0.4) is 0 Å². The van der Waals surface area contributed by atoms with E-state index in [0.29, 0.717) is 17.8 Å². The van der Waals surface area contributed by atoms with Crippen LogP contribution in [0, 0.1) is 17.8 Å². The van der Waals surface area contributed by atoms with E-state index >= 15 is 0 Å². The van der Waals surface area contributed by atoms with Crippen LogP contribution in [-0.4, -0.2) is 29.2 Å². The van der Waals surface area contributed by atoms with Gasteiger partial charge >= 0.3 is 23.1 Å². The Hall–Kier alpha value is 1.02. The average molecular weight is 215 g/mol. The van der Waals surface area contributed by atoms with Crippen LogP contribution in [0.1, 0.15) is 40.0 Å². The summed E-state index contributed by atoms with van der Waals surface area (Å²) >= 11 is 0. The van der Waals surface area contributed by atoms with E-state index in [1.54, 1.807) is 0 Å². The van der Waals surface area contributed by atoms with Crippen LogP contribution in [0.4, 0.5) is 0 Å². The zero-order valence-corrected chi connectivity index (χ0v) is 11.1. The summed E-state index contributed by atoms with van der Waals surface area (Å²) in [4.78, 5) is 0. The Morgan fingerprint density at radius 1 is 1.23 bits per heavy atom. The maximum atomic E-state index is 11.5. The van der Waals surface area contributed by atoms with E-state index in [1.165, 1.54) is 6.42 Å². The summed E-state index contributed by atoms with van der Waals surface area (Å²) in [5.41, 5.74) is 0. The van der Waals surface area contributed by atoms with Crippen LogP contribution in [0.5, 0.6) is 0 Å². The van der Waals surface area contributed by atoms with E-state index in [-0.39, 0.29) is 41.6 Å². The van der Waals surface area contributed by atoms with Gasteiger partial charge in [-0.1, -0.05) is 46.0 Å². The molecule has 1 rings (SSSR count). The van der Waals surface area contributed by atoms with Crippen LogP contribution in [0.15, 0.2) is 0 Å². The molecule has 13 heavy (non-hydrogen) atoms. The fraction of sp³-hybridized carbons (Fsp3) is 1.00. The SMILES string of the molecule is CC(C)[C@@H]1CC[C@@H](C)C[C@H]1[O-].[Cl-].[Mg+2]. The maximum absolute atomic E-state index is 11.5. The molecule has 74 valence electrons. The second kappa shape index (κ2) is 7.33. The van der Waals surface area contributed by atoms with Crippen molar-refractivity contribution >= 4 is 23.1 Å². The van der Waals surface area contributed by atoms with Crippen molar-refractivity contribution in [3.63, 3.8) is 0 Å². The molecule has 0 aromatic carbocycles. The smallest absolute Gasteiger partial charge is 1.00 e. The number of halogens is 1. The van der Waals surface area contributed by atoms with Crippen LogP contribution < -0.4 is 17.5 Å². The second-order valence-electron chi connectivity index (χ2n) is 4.36. The van der Waals surface area contributed by atoms with Gasteiger partial charge in [-0.05, 0) is 11.8 Å². The molecule has 0 amide bonds. The van der Waals surface area contributed by atoms with Gasteiger partial charge in [-0.25, -0.2) is 0 Å². The molecule has 0 N–H and O–H groups in total. The molecule has 0 unspecified atom stereocenters. The van der Waals surface area contributed by atoms with Crippen LogP contribution in [0.2, 0.25) is 0 Å². The van der Waals surface area contributed by atoms with Gasteiger partial charge in [-0.3, -0.25) is 0 Å². The second-order valence-corrected chi connectivity index (χ2v) is 4.36. The molecule has 3 heteroatoms. The molecule has 0 bridgehead atoms. The minimum Gasteiger partial charge on any atom is -1.00 e. The average Bonchev–Trinajstić information content (AvgIpc) is 1.85. The predicted molar refractivity (Wildman–Crippen MR) is 50.9 cm³/mol. The Kier molecular flexibility index (Phi) is 9.27. The molecule has 0 saturated heterocycles. The van der Waals surface area contributed by atoms with Gasteiger partial charge in [0.15, 0.2) is 0 Å². The normalized spacial score (nSPS) is 33.5. The molecule has 3 atom stereocenters. The van der Waals surface area contributed by atoms with Gasteiger partial charge in [0, 0.05) is 0 Å². The number of rotatable bonds is 1. The first-order chi connectivity index (χ1) is 5.11. The monoisotopic (exact) mass is 214 g/mol. The maximum Gasteiger partial charge on any atom is 2.00 e. The quantitative estimate of drug-likeness (QED) is 0.484. The molecule has 0 spiro atoms. The van der Waals surface area contributed by atoms with Crippen molar-refractivity contribution in [1.29, 1.82) is 0 Å². The summed E-state index contributed by atoms with van der Waals surface area (Å²) < 4.78 is 0. The summed E-state index contributed by atoms with van der Waals surface area (Å²) in [6, 6.07) is 0. The number of hydrogen-bond donors (Lipinski definition) is 0. The van der Waals surface area contributed by atoms with E-state index in [1.807, 2.05) is 0 Å². The predicted octanol–water partition coefficient (Wildman–Crippen LogP) is -1.57. The fourth-order valence-corrected chi connectivity index (χ4v) is 2.11. The summed E-state index contributed by atoms with van der Waals surface area (Å²) in [5, 5.41) is 11.5. The van der Waals surface area contributed by atoms with E-state index < -0.39 is 0 Å². The van der Waals surface area contributed by atoms with Crippen LogP contribution in [0.25, 0.3) is 0 Å². The van der Waals surface area contributed by atoms with Crippen molar-refractivity contribution in [1.82, 2.24) is 0 Å². The van der Waals surface area contributed by atoms with Crippen molar-refractivity contribution in [3.05, 3.63) is 0 Å². The minimum absolute atomic E-state index is 0. The van der Waals surface area contributed by atoms with Crippen molar-refractivity contribution < 1.29 is 17.5 Å². The molecule has 0 radical (unpaired) electrons. The van der Waals surface area contributed by atoms with Gasteiger partial charge in [0.1, 0.15) is 0 Å². The molecule has 0 aromatic rings. The molecular weight excluding hydrogens is 196 g/mol. The molecule has 1 fully saturated rings. The summed E-state index contributed by atoms with van der Waals surface area (Å²) in [6.07, 6.45) is 3.05. The zero-order valence-electron chi connectivity index (χ0n) is 8.92. The van der Waals surface area contributed by atoms with Crippen LogP contribution in [-0.2, 0) is 0 Å². The van der Waals surface area contributed by atoms with Crippen molar-refractivity contribution in [2.24, 2.45) is 17.8 Å². The minimum atomic E-state index is -0.279. The topological polar surface area (TPSA) is 23.1 Å². The molecule has 1 saturated carbocycles. The Bertz CT molecular complexity index is 130. The van der Waals surface area contributed by atoms with Crippen molar-refractivity contribution in [3.8, 4) is 0 Å². The van der Waals surface area contributed by atoms with Crippen molar-refractivity contribution in [2.45, 2.75) is 46.1 Å². The number of hydrogen-bond acceptors (Lipinski definition) is 1. The Balaban J connectivity index is 0. The van der Waals surface area contributed by atoms with Gasteiger partial charge in [0.25, 0.3) is 0 Å². The third kappa shape index (κ3) is 4.87. The summed E-state index contributed by atoms with van der Waals surface area (Å²) in [7, 11) is 0. The van der Waals surface area contributed by atoms with Gasteiger partial charge < -0.3 is 17.5 Å². The molecule has 0 heterocycles. The molecule has 0 aliphatic heterocycles. The Morgan fingerprint density at radius 3 is 2.15 bits per heavy atom. The van der Waals surface area contributed by atoms with Gasteiger partial charge in [-0.15, -0.1) is 6.10 Å². The largest absolute Gasteiger partial charge is 2.00 e. The molecule has 1 nitrogen and oxygen atoms in total. The molecule has 0 aromatic heterocycles. The summed E-state index contributed by atoms with van der Waals surface area (Å²) in [6.45, 7) is 6.54. The third-order valence-corrected chi connectivity index (χ3v) is 2.96. The van der Waals surface area contributed by atoms with E-state index in [2.05, 4.69) is 20.8 Å². The van der Waals surface area contributed by atoms with Gasteiger partial charge in [0.2, 0.25) is 0 Å². The first kappa shape index (κ1) is 16.4. The Morgan fingerprint density at radius 2 is 1.77 bits per heavy atom. The fourth-order valence-electron chi connectivity index (χ4n) is 2.11. The molecular formula is C10H19ClMgO. The standard InChI is InChI=1S/C10H19O.ClH.Mg/c1-7(2)9-5-4-8(3)6-10(9)11;;/h7-10H,4-6H2,1-3H3;1H;/q-1;;+2/p-1/t8-,9+,10-;;/m1../s1. The van der Waals surface area contributed by atoms with Gasteiger partial charge in [0.05, 0.1) is 0 Å². The third-order valence-electron chi connectivity index (χ3n) is 2.96. The molecule has 1 aliphatic carbocycles. The van der Waals surface area contributed by atoms with E-state index in [0.717, 1.165) is 12.8 Å². The summed E-state index contributed by atoms with van der Waals surface area (Å²) in [5.74, 6) is 1.71. The first-order valence-electron chi connectivity index (χ1n) is 4.77. The van der Waals surface area contributed by atoms with Gasteiger partial charge in [-0.2, -0.15) is 0 Å². The van der Waals surface area contributed by atoms with E-state index in [4.69, 9.17) is 0 Å². The van der Waals surface area contributed by atoms with E-state index in [9.17, 15) is 5.11 Å².